The SMILES string of the molecule is CC(=O)N[C@@H](C)COC1CC(COc2nccc3ccccc23)C1. The summed E-state index contributed by atoms with van der Waals surface area (Å²) < 4.78 is 11.7. The molecule has 2 aromatic rings. The molecule has 24 heavy (non-hydrogen) atoms. The normalized spacial score (nSPS) is 21.1. The van der Waals surface area contributed by atoms with Crippen molar-refractivity contribution in [3.05, 3.63) is 36.5 Å². The molecule has 0 aliphatic heterocycles. The average Bonchev–Trinajstić information content (AvgIpc) is 2.52. The number of hydrogen-bond donors (Lipinski definition) is 1. The highest BCUT2D eigenvalue weighted by Gasteiger charge is 2.31. The van der Waals surface area contributed by atoms with Crippen LogP contribution in [0.5, 0.6) is 5.88 Å². The fourth-order valence-corrected chi connectivity index (χ4v) is 3.02. The van der Waals surface area contributed by atoms with Gasteiger partial charge in [-0.1, -0.05) is 18.2 Å². The highest BCUT2D eigenvalue weighted by atomic mass is 16.5. The summed E-state index contributed by atoms with van der Waals surface area (Å²) in [6, 6.07) is 10.2. The number of carbonyl (C=O) groups is 1. The Morgan fingerprint density at radius 3 is 2.92 bits per heavy atom. The number of carbonyl (C=O) groups excluding carboxylic acids is 1. The third-order valence-electron chi connectivity index (χ3n) is 4.32. The van der Waals surface area contributed by atoms with Crippen LogP contribution in [0.2, 0.25) is 0 Å². The Labute approximate surface area is 142 Å². The van der Waals surface area contributed by atoms with Crippen LogP contribution in [0, 0.1) is 5.92 Å². The van der Waals surface area contributed by atoms with E-state index in [2.05, 4.69) is 16.4 Å². The molecule has 5 heteroatoms. The van der Waals surface area contributed by atoms with Gasteiger partial charge in [0.05, 0.1) is 19.3 Å². The molecule has 1 heterocycles. The van der Waals surface area contributed by atoms with Gasteiger partial charge in [0.15, 0.2) is 0 Å². The lowest BCUT2D eigenvalue weighted by Crippen LogP contribution is -2.40. The Bertz CT molecular complexity index is 693. The molecule has 1 saturated carbocycles. The van der Waals surface area contributed by atoms with E-state index in [9.17, 15) is 4.79 Å². The first kappa shape index (κ1) is 16.7. The first-order valence-electron chi connectivity index (χ1n) is 8.47. The van der Waals surface area contributed by atoms with E-state index in [-0.39, 0.29) is 18.1 Å². The number of hydrogen-bond acceptors (Lipinski definition) is 4. The largest absolute Gasteiger partial charge is 0.477 e. The van der Waals surface area contributed by atoms with E-state index in [4.69, 9.17) is 9.47 Å². The standard InChI is InChI=1S/C19H24N2O3/c1-13(21-14(2)22)11-23-17-9-15(10-17)12-24-19-18-6-4-3-5-16(18)7-8-20-19/h3-8,13,15,17H,9-12H2,1-2H3,(H,21,22)/t13-,15?,17?/m0/s1. The van der Waals surface area contributed by atoms with Crippen LogP contribution < -0.4 is 10.1 Å². The molecule has 1 aromatic carbocycles. The van der Waals surface area contributed by atoms with Crippen LogP contribution in [0.3, 0.4) is 0 Å². The van der Waals surface area contributed by atoms with Gasteiger partial charge in [0.25, 0.3) is 0 Å². The Hall–Kier alpha value is -2.14. The number of nitrogens with one attached hydrogen (secondary N) is 1. The van der Waals surface area contributed by atoms with Crippen molar-refractivity contribution in [3.63, 3.8) is 0 Å². The predicted molar refractivity (Wildman–Crippen MR) is 93.0 cm³/mol. The highest BCUT2D eigenvalue weighted by molar-refractivity contribution is 5.86. The van der Waals surface area contributed by atoms with Crippen molar-refractivity contribution in [2.24, 2.45) is 5.92 Å². The van der Waals surface area contributed by atoms with Crippen molar-refractivity contribution in [3.8, 4) is 5.88 Å². The minimum absolute atomic E-state index is 0.0198. The summed E-state index contributed by atoms with van der Waals surface area (Å²) in [4.78, 5) is 15.3. The van der Waals surface area contributed by atoms with Gasteiger partial charge in [-0.3, -0.25) is 4.79 Å². The predicted octanol–water partition coefficient (Wildman–Crippen LogP) is 2.93. The van der Waals surface area contributed by atoms with Crippen LogP contribution in [-0.2, 0) is 9.53 Å². The number of ether oxygens (including phenoxy) is 2. The molecule has 5 nitrogen and oxygen atoms in total. The monoisotopic (exact) mass is 328 g/mol. The zero-order valence-corrected chi connectivity index (χ0v) is 14.2. The van der Waals surface area contributed by atoms with E-state index in [0.29, 0.717) is 25.0 Å². The summed E-state index contributed by atoms with van der Waals surface area (Å²) in [6.07, 6.45) is 4.05. The molecule has 0 spiro atoms. The number of nitrogens with zero attached hydrogens (tertiary/aromatic N) is 1. The summed E-state index contributed by atoms with van der Waals surface area (Å²) in [7, 11) is 0. The molecule has 1 aromatic heterocycles. The molecule has 1 amide bonds. The zero-order chi connectivity index (χ0) is 16.9. The molecule has 3 rings (SSSR count). The Morgan fingerprint density at radius 2 is 2.12 bits per heavy atom. The van der Waals surface area contributed by atoms with E-state index < -0.39 is 0 Å². The maximum absolute atomic E-state index is 11.0. The van der Waals surface area contributed by atoms with Gasteiger partial charge in [0.2, 0.25) is 11.8 Å². The molecule has 1 atom stereocenters. The lowest BCUT2D eigenvalue weighted by Gasteiger charge is -2.35. The van der Waals surface area contributed by atoms with Gasteiger partial charge in [-0.15, -0.1) is 0 Å². The number of benzene rings is 1. The minimum atomic E-state index is -0.0198. The van der Waals surface area contributed by atoms with Crippen molar-refractivity contribution in [1.82, 2.24) is 10.3 Å². The molecule has 1 fully saturated rings. The molecule has 1 aliphatic carbocycles. The fourth-order valence-electron chi connectivity index (χ4n) is 3.02. The summed E-state index contributed by atoms with van der Waals surface area (Å²) in [5, 5.41) is 5.02. The van der Waals surface area contributed by atoms with Crippen molar-refractivity contribution in [2.45, 2.75) is 38.8 Å². The van der Waals surface area contributed by atoms with Crippen molar-refractivity contribution < 1.29 is 14.3 Å². The second-order valence-corrected chi connectivity index (χ2v) is 6.54. The van der Waals surface area contributed by atoms with Gasteiger partial charge in [0.1, 0.15) is 0 Å². The van der Waals surface area contributed by atoms with E-state index >= 15 is 0 Å². The molecule has 0 unspecified atom stereocenters. The van der Waals surface area contributed by atoms with Gasteiger partial charge in [-0.25, -0.2) is 4.98 Å². The van der Waals surface area contributed by atoms with Crippen molar-refractivity contribution in [2.75, 3.05) is 13.2 Å². The minimum Gasteiger partial charge on any atom is -0.477 e. The van der Waals surface area contributed by atoms with Crippen LogP contribution in [0.25, 0.3) is 10.8 Å². The molecular weight excluding hydrogens is 304 g/mol. The zero-order valence-electron chi connectivity index (χ0n) is 14.2. The van der Waals surface area contributed by atoms with Gasteiger partial charge < -0.3 is 14.8 Å². The molecule has 0 bridgehead atoms. The first-order valence-corrected chi connectivity index (χ1v) is 8.47. The van der Waals surface area contributed by atoms with E-state index in [1.807, 2.05) is 31.2 Å². The maximum Gasteiger partial charge on any atom is 0.221 e. The number of pyridine rings is 1. The molecule has 1 aliphatic rings. The van der Waals surface area contributed by atoms with Crippen molar-refractivity contribution in [1.29, 1.82) is 0 Å². The quantitative estimate of drug-likeness (QED) is 0.849. The van der Waals surface area contributed by atoms with Crippen LogP contribution in [0.15, 0.2) is 36.5 Å². The summed E-state index contributed by atoms with van der Waals surface area (Å²) in [6.45, 7) is 4.70. The molecule has 0 radical (unpaired) electrons. The summed E-state index contributed by atoms with van der Waals surface area (Å²) in [5.74, 6) is 1.19. The second kappa shape index (κ2) is 7.62. The lowest BCUT2D eigenvalue weighted by atomic mass is 9.83. The van der Waals surface area contributed by atoms with Crippen LogP contribution in [0.1, 0.15) is 26.7 Å². The maximum atomic E-state index is 11.0. The topological polar surface area (TPSA) is 60.5 Å². The van der Waals surface area contributed by atoms with Gasteiger partial charge in [-0.05, 0) is 43.2 Å². The second-order valence-electron chi connectivity index (χ2n) is 6.54. The third-order valence-corrected chi connectivity index (χ3v) is 4.32. The van der Waals surface area contributed by atoms with Gasteiger partial charge >= 0.3 is 0 Å². The summed E-state index contributed by atoms with van der Waals surface area (Å²) >= 11 is 0. The smallest absolute Gasteiger partial charge is 0.221 e. The first-order chi connectivity index (χ1) is 11.6. The van der Waals surface area contributed by atoms with Gasteiger partial charge in [-0.2, -0.15) is 0 Å². The van der Waals surface area contributed by atoms with E-state index in [0.717, 1.165) is 23.6 Å². The molecule has 0 saturated heterocycles. The average molecular weight is 328 g/mol. The van der Waals surface area contributed by atoms with Crippen LogP contribution >= 0.6 is 0 Å². The Balaban J connectivity index is 1.41. The number of aromatic nitrogens is 1. The van der Waals surface area contributed by atoms with E-state index in [1.165, 1.54) is 6.92 Å². The van der Waals surface area contributed by atoms with Gasteiger partial charge in [0, 0.05) is 24.5 Å². The molecular formula is C19H24N2O3. The fraction of sp³-hybridized carbons (Fsp3) is 0.474. The third kappa shape index (κ3) is 4.23. The number of rotatable bonds is 7. The summed E-state index contributed by atoms with van der Waals surface area (Å²) in [5.41, 5.74) is 0. The molecule has 1 N–H and O–H groups in total. The highest BCUT2D eigenvalue weighted by Crippen LogP contribution is 2.31. The Morgan fingerprint density at radius 1 is 1.33 bits per heavy atom. The van der Waals surface area contributed by atoms with Crippen LogP contribution in [-0.4, -0.2) is 36.3 Å². The Kier molecular flexibility index (Phi) is 5.30. The van der Waals surface area contributed by atoms with E-state index in [1.54, 1.807) is 6.20 Å². The van der Waals surface area contributed by atoms with Crippen molar-refractivity contribution >= 4 is 16.7 Å². The number of fused-ring (bicyclic) bond motifs is 1. The van der Waals surface area contributed by atoms with Crippen LogP contribution in [0.4, 0.5) is 0 Å². The lowest BCUT2D eigenvalue weighted by molar-refractivity contribution is -0.120. The number of amides is 1. The molecule has 128 valence electrons.